The molecule has 0 spiro atoms. The smallest absolute Gasteiger partial charge is 0.305 e. The van der Waals surface area contributed by atoms with Gasteiger partial charge in [0.2, 0.25) is 0 Å². The minimum Gasteiger partial charge on any atom is -0.493 e. The number of ether oxygens (including phenoxy) is 3. The number of hydrogen-bond acceptors (Lipinski definition) is 7. The molecule has 0 atom stereocenters. The van der Waals surface area contributed by atoms with Gasteiger partial charge in [-0.3, -0.25) is 9.59 Å². The van der Waals surface area contributed by atoms with Gasteiger partial charge in [-0.05, 0) is 17.7 Å². The second-order valence-corrected chi connectivity index (χ2v) is 3.80. The maximum Gasteiger partial charge on any atom is 0.305 e. The van der Waals surface area contributed by atoms with Gasteiger partial charge in [-0.1, -0.05) is 0 Å². The maximum absolute atomic E-state index is 10.9. The van der Waals surface area contributed by atoms with E-state index in [0.717, 1.165) is 0 Å². The molecule has 0 aliphatic carbocycles. The minimum atomic E-state index is -0.327. The van der Waals surface area contributed by atoms with E-state index >= 15 is 0 Å². The Morgan fingerprint density at radius 3 is 2.60 bits per heavy atom. The number of carbonyl (C=O) groups excluding carboxylic acids is 2. The quantitative estimate of drug-likeness (QED) is 0.314. The van der Waals surface area contributed by atoms with Crippen LogP contribution in [0.2, 0.25) is 0 Å². The zero-order chi connectivity index (χ0) is 15.0. The van der Waals surface area contributed by atoms with Crippen molar-refractivity contribution in [2.75, 3.05) is 20.8 Å². The first kappa shape index (κ1) is 15.6. The number of methoxy groups -OCH3 is 2. The highest BCUT2D eigenvalue weighted by Crippen LogP contribution is 2.34. The average Bonchev–Trinajstić information content (AvgIpc) is 2.50. The first-order valence-corrected chi connectivity index (χ1v) is 5.86. The Labute approximate surface area is 115 Å². The predicted octanol–water partition coefficient (Wildman–Crippen LogP) is 2.24. The van der Waals surface area contributed by atoms with Crippen molar-refractivity contribution in [2.24, 2.45) is 5.18 Å². The summed E-state index contributed by atoms with van der Waals surface area (Å²) in [5.74, 6) is 0.280. The highest BCUT2D eigenvalue weighted by molar-refractivity contribution is 5.84. The third kappa shape index (κ3) is 4.04. The van der Waals surface area contributed by atoms with E-state index < -0.39 is 0 Å². The van der Waals surface area contributed by atoms with E-state index in [2.05, 4.69) is 9.91 Å². The summed E-state index contributed by atoms with van der Waals surface area (Å²) in [5.41, 5.74) is 0.0996. The van der Waals surface area contributed by atoms with Crippen LogP contribution in [0.3, 0.4) is 0 Å². The molecule has 0 saturated heterocycles. The number of benzene rings is 1. The van der Waals surface area contributed by atoms with Gasteiger partial charge in [-0.25, -0.2) is 0 Å². The van der Waals surface area contributed by atoms with Crippen LogP contribution in [0.1, 0.15) is 23.2 Å². The molecule has 0 unspecified atom stereocenters. The van der Waals surface area contributed by atoms with Gasteiger partial charge in [0.1, 0.15) is 5.69 Å². The van der Waals surface area contributed by atoms with Gasteiger partial charge in [0, 0.05) is 18.1 Å². The molecule has 108 valence electrons. The van der Waals surface area contributed by atoms with Crippen molar-refractivity contribution in [1.82, 2.24) is 0 Å². The van der Waals surface area contributed by atoms with Crippen LogP contribution in [0.25, 0.3) is 0 Å². The van der Waals surface area contributed by atoms with Crippen molar-refractivity contribution < 1.29 is 23.8 Å². The van der Waals surface area contributed by atoms with Crippen LogP contribution in [-0.4, -0.2) is 33.1 Å². The molecule has 0 saturated carbocycles. The summed E-state index contributed by atoms with van der Waals surface area (Å²) < 4.78 is 15.0. The number of nitrogens with zero attached hydrogens (tertiary/aromatic N) is 1. The lowest BCUT2D eigenvalue weighted by molar-refractivity contribution is -0.140. The zero-order valence-corrected chi connectivity index (χ0v) is 11.3. The third-order valence-corrected chi connectivity index (χ3v) is 2.55. The van der Waals surface area contributed by atoms with Gasteiger partial charge in [0.25, 0.3) is 0 Å². The van der Waals surface area contributed by atoms with E-state index in [1.807, 2.05) is 0 Å². The van der Waals surface area contributed by atoms with Crippen molar-refractivity contribution in [3.05, 3.63) is 22.6 Å². The van der Waals surface area contributed by atoms with Crippen LogP contribution in [0, 0.1) is 4.91 Å². The Balaban J connectivity index is 2.75. The zero-order valence-electron chi connectivity index (χ0n) is 11.3. The van der Waals surface area contributed by atoms with E-state index in [4.69, 9.17) is 9.47 Å². The average molecular weight is 281 g/mol. The van der Waals surface area contributed by atoms with Gasteiger partial charge in [0.15, 0.2) is 17.8 Å². The molecule has 1 aromatic rings. The number of aldehydes is 1. The molecule has 0 amide bonds. The van der Waals surface area contributed by atoms with Crippen molar-refractivity contribution >= 4 is 17.9 Å². The molecule has 7 nitrogen and oxygen atoms in total. The van der Waals surface area contributed by atoms with Gasteiger partial charge in [-0.2, -0.15) is 0 Å². The molecule has 0 radical (unpaired) electrons. The fraction of sp³-hybridized carbons (Fsp3) is 0.385. The second kappa shape index (κ2) is 7.88. The summed E-state index contributed by atoms with van der Waals surface area (Å²) in [6.07, 6.45) is 1.19. The first-order chi connectivity index (χ1) is 9.65. The maximum atomic E-state index is 10.9. The SMILES string of the molecule is COC(=O)CCCOc1cc(N=O)c(C=O)cc1OC. The predicted molar refractivity (Wildman–Crippen MR) is 70.6 cm³/mol. The van der Waals surface area contributed by atoms with Crippen molar-refractivity contribution in [3.63, 3.8) is 0 Å². The van der Waals surface area contributed by atoms with Gasteiger partial charge < -0.3 is 14.2 Å². The summed E-state index contributed by atoms with van der Waals surface area (Å²) >= 11 is 0. The Kier molecular flexibility index (Phi) is 6.15. The number of rotatable bonds is 8. The van der Waals surface area contributed by atoms with Crippen LogP contribution in [0.5, 0.6) is 11.5 Å². The van der Waals surface area contributed by atoms with Gasteiger partial charge in [0.05, 0.1) is 20.8 Å². The topological polar surface area (TPSA) is 91.3 Å². The monoisotopic (exact) mass is 281 g/mol. The van der Waals surface area contributed by atoms with Crippen molar-refractivity contribution in [3.8, 4) is 11.5 Å². The standard InChI is InChI=1S/C13H15NO6/c1-18-11-6-9(8-15)10(14-17)7-12(11)20-5-3-4-13(16)19-2/h6-8H,3-5H2,1-2H3. The molecule has 1 rings (SSSR count). The normalized spacial score (nSPS) is 9.70. The number of esters is 1. The molecule has 1 aromatic carbocycles. The Hall–Kier alpha value is -2.44. The van der Waals surface area contributed by atoms with Crippen LogP contribution >= 0.6 is 0 Å². The molecule has 0 N–H and O–H groups in total. The summed E-state index contributed by atoms with van der Waals surface area (Å²) in [7, 11) is 2.73. The lowest BCUT2D eigenvalue weighted by Gasteiger charge is -2.11. The van der Waals surface area contributed by atoms with Crippen LogP contribution in [0.4, 0.5) is 5.69 Å². The van der Waals surface area contributed by atoms with E-state index in [-0.39, 0.29) is 36.0 Å². The van der Waals surface area contributed by atoms with Crippen molar-refractivity contribution in [2.45, 2.75) is 12.8 Å². The molecule has 0 aliphatic rings. The van der Waals surface area contributed by atoms with Gasteiger partial charge in [-0.15, -0.1) is 4.91 Å². The molecule has 7 heteroatoms. The Morgan fingerprint density at radius 1 is 1.30 bits per heavy atom. The molecular weight excluding hydrogens is 266 g/mol. The number of nitroso groups, excluding NO2 is 1. The fourth-order valence-electron chi connectivity index (χ4n) is 1.51. The highest BCUT2D eigenvalue weighted by Gasteiger charge is 2.12. The summed E-state index contributed by atoms with van der Waals surface area (Å²) in [6.45, 7) is 0.240. The lowest BCUT2D eigenvalue weighted by Crippen LogP contribution is -2.05. The van der Waals surface area contributed by atoms with Crippen LogP contribution in [0.15, 0.2) is 17.3 Å². The van der Waals surface area contributed by atoms with Crippen LogP contribution < -0.4 is 9.47 Å². The summed E-state index contributed by atoms with van der Waals surface area (Å²) in [5, 5.41) is 2.76. The molecule has 0 fully saturated rings. The first-order valence-electron chi connectivity index (χ1n) is 5.86. The lowest BCUT2D eigenvalue weighted by atomic mass is 10.1. The largest absolute Gasteiger partial charge is 0.493 e. The highest BCUT2D eigenvalue weighted by atomic mass is 16.5. The molecule has 0 bridgehead atoms. The van der Waals surface area contributed by atoms with Crippen LogP contribution in [-0.2, 0) is 9.53 Å². The van der Waals surface area contributed by atoms with E-state index in [1.165, 1.54) is 26.4 Å². The minimum absolute atomic E-state index is 0.0243. The van der Waals surface area contributed by atoms with E-state index in [0.29, 0.717) is 18.5 Å². The second-order valence-electron chi connectivity index (χ2n) is 3.80. The molecule has 20 heavy (non-hydrogen) atoms. The van der Waals surface area contributed by atoms with Gasteiger partial charge >= 0.3 is 5.97 Å². The van der Waals surface area contributed by atoms with Crippen molar-refractivity contribution in [1.29, 1.82) is 0 Å². The van der Waals surface area contributed by atoms with E-state index in [1.54, 1.807) is 0 Å². The van der Waals surface area contributed by atoms with E-state index in [9.17, 15) is 14.5 Å². The molecule has 0 heterocycles. The Bertz CT molecular complexity index is 500. The summed E-state index contributed by atoms with van der Waals surface area (Å²) in [4.78, 5) is 32.3. The number of hydrogen-bond donors (Lipinski definition) is 0. The number of carbonyl (C=O) groups is 2. The third-order valence-electron chi connectivity index (χ3n) is 2.55. The Morgan fingerprint density at radius 2 is 2.05 bits per heavy atom. The fourth-order valence-corrected chi connectivity index (χ4v) is 1.51. The molecule has 0 aliphatic heterocycles. The molecule has 0 aromatic heterocycles. The molecular formula is C13H15NO6. The summed E-state index contributed by atoms with van der Waals surface area (Å²) in [6, 6.07) is 2.70.